The van der Waals surface area contributed by atoms with Gasteiger partial charge in [0.15, 0.2) is 0 Å². The second kappa shape index (κ2) is 6.45. The summed E-state index contributed by atoms with van der Waals surface area (Å²) >= 11 is 0. The fourth-order valence-corrected chi connectivity index (χ4v) is 2.27. The minimum Gasteiger partial charge on any atom is -0.336 e. The first-order chi connectivity index (χ1) is 9.22. The third-order valence-corrected chi connectivity index (χ3v) is 3.17. The molecular weight excluding hydrogens is 232 g/mol. The second-order valence-corrected chi connectivity index (χ2v) is 5.25. The fourth-order valence-electron chi connectivity index (χ4n) is 2.27. The maximum absolute atomic E-state index is 3.52. The smallest absolute Gasteiger partial charge is 0.0837 e. The number of nitrogens with one attached hydrogen (secondary N) is 1. The summed E-state index contributed by atoms with van der Waals surface area (Å²) in [6.07, 6.45) is 2.13. The largest absolute Gasteiger partial charge is 0.336 e. The van der Waals surface area contributed by atoms with E-state index in [1.165, 1.54) is 16.5 Å². The van der Waals surface area contributed by atoms with Crippen LogP contribution in [0.15, 0.2) is 30.5 Å². The molecule has 0 bridgehead atoms. The molecule has 2 heteroatoms. The van der Waals surface area contributed by atoms with Gasteiger partial charge in [0, 0.05) is 12.7 Å². The lowest BCUT2D eigenvalue weighted by Gasteiger charge is -2.10. The quantitative estimate of drug-likeness (QED) is 0.809. The Morgan fingerprint density at radius 1 is 1.26 bits per heavy atom. The van der Waals surface area contributed by atoms with Gasteiger partial charge in [-0.3, -0.25) is 0 Å². The van der Waals surface area contributed by atoms with Gasteiger partial charge in [0.1, 0.15) is 0 Å². The third-order valence-electron chi connectivity index (χ3n) is 3.17. The van der Waals surface area contributed by atoms with Crippen LogP contribution in [0.2, 0.25) is 0 Å². The molecule has 2 nitrogen and oxygen atoms in total. The minimum absolute atomic E-state index is 0.678. The number of rotatable bonds is 5. The topological polar surface area (TPSA) is 17.0 Å². The number of para-hydroxylation sites is 1. The van der Waals surface area contributed by atoms with Crippen LogP contribution in [0.4, 0.5) is 0 Å². The zero-order valence-electron chi connectivity index (χ0n) is 12.0. The van der Waals surface area contributed by atoms with Gasteiger partial charge in [-0.1, -0.05) is 38.0 Å². The van der Waals surface area contributed by atoms with Gasteiger partial charge in [-0.25, -0.2) is 0 Å². The minimum atomic E-state index is 0.678. The Balaban J connectivity index is 2.25. The predicted octanol–water partition coefficient (Wildman–Crippen LogP) is 3.41. The first kappa shape index (κ1) is 13.7. The summed E-state index contributed by atoms with van der Waals surface area (Å²) in [7, 11) is 0. The normalized spacial score (nSPS) is 10.7. The second-order valence-electron chi connectivity index (χ2n) is 5.25. The van der Waals surface area contributed by atoms with Crippen LogP contribution in [0.5, 0.6) is 0 Å². The van der Waals surface area contributed by atoms with Crippen molar-refractivity contribution in [2.45, 2.75) is 33.9 Å². The Hall–Kier alpha value is -1.72. The molecule has 0 fully saturated rings. The number of fused-ring (bicyclic) bond motifs is 1. The van der Waals surface area contributed by atoms with E-state index in [0.29, 0.717) is 5.92 Å². The maximum Gasteiger partial charge on any atom is 0.0837 e. The molecule has 0 radical (unpaired) electrons. The highest BCUT2D eigenvalue weighted by molar-refractivity contribution is 5.83. The van der Waals surface area contributed by atoms with Crippen LogP contribution in [-0.4, -0.2) is 11.1 Å². The molecule has 0 spiro atoms. The number of nitrogens with zero attached hydrogens (tertiary/aromatic N) is 1. The lowest BCUT2D eigenvalue weighted by Crippen LogP contribution is -2.19. The first-order valence-corrected chi connectivity index (χ1v) is 6.89. The first-order valence-electron chi connectivity index (χ1n) is 6.89. The van der Waals surface area contributed by atoms with E-state index in [4.69, 9.17) is 0 Å². The van der Waals surface area contributed by atoms with Gasteiger partial charge in [-0.05, 0) is 36.4 Å². The molecule has 0 unspecified atom stereocenters. The molecule has 0 atom stereocenters. The molecular formula is C17H22N2. The Morgan fingerprint density at radius 2 is 2.11 bits per heavy atom. The summed E-state index contributed by atoms with van der Waals surface area (Å²) in [5.41, 5.74) is 2.66. The van der Waals surface area contributed by atoms with Crippen LogP contribution in [-0.2, 0) is 13.1 Å². The lowest BCUT2D eigenvalue weighted by atomic mass is 10.1. The van der Waals surface area contributed by atoms with Gasteiger partial charge in [0.05, 0.1) is 12.1 Å². The highest BCUT2D eigenvalue weighted by Gasteiger charge is 2.05. The van der Waals surface area contributed by atoms with Gasteiger partial charge in [0.25, 0.3) is 0 Å². The van der Waals surface area contributed by atoms with Crippen molar-refractivity contribution >= 4 is 10.9 Å². The highest BCUT2D eigenvalue weighted by Crippen LogP contribution is 2.20. The molecule has 2 rings (SSSR count). The Kier molecular flexibility index (Phi) is 4.65. The summed E-state index contributed by atoms with van der Waals surface area (Å²) in [5, 5.41) is 4.81. The SMILES string of the molecule is CC#CCn1ccc2cccc(CNCC(C)C)c21. The van der Waals surface area contributed by atoms with Crippen molar-refractivity contribution in [1.82, 2.24) is 9.88 Å². The molecule has 0 amide bonds. The van der Waals surface area contributed by atoms with Gasteiger partial charge in [-0.15, -0.1) is 5.92 Å². The number of benzene rings is 1. The highest BCUT2D eigenvalue weighted by atomic mass is 15.0. The molecule has 0 aliphatic carbocycles. The van der Waals surface area contributed by atoms with Gasteiger partial charge < -0.3 is 9.88 Å². The molecule has 1 aromatic carbocycles. The molecule has 0 saturated carbocycles. The summed E-state index contributed by atoms with van der Waals surface area (Å²) in [5.74, 6) is 6.78. The Bertz CT molecular complexity index is 596. The molecule has 19 heavy (non-hydrogen) atoms. The average Bonchev–Trinajstić information content (AvgIpc) is 2.80. The van der Waals surface area contributed by atoms with Crippen molar-refractivity contribution in [3.05, 3.63) is 36.0 Å². The summed E-state index contributed by atoms with van der Waals surface area (Å²) in [4.78, 5) is 0. The van der Waals surface area contributed by atoms with Crippen molar-refractivity contribution in [3.8, 4) is 11.8 Å². The molecule has 1 N–H and O–H groups in total. The van der Waals surface area contributed by atoms with E-state index in [0.717, 1.165) is 19.6 Å². The van der Waals surface area contributed by atoms with Crippen LogP contribution in [0.25, 0.3) is 10.9 Å². The van der Waals surface area contributed by atoms with Crippen molar-refractivity contribution in [1.29, 1.82) is 0 Å². The van der Waals surface area contributed by atoms with Crippen molar-refractivity contribution in [2.75, 3.05) is 6.54 Å². The van der Waals surface area contributed by atoms with E-state index in [-0.39, 0.29) is 0 Å². The summed E-state index contributed by atoms with van der Waals surface area (Å²) in [6.45, 7) is 9.07. The fraction of sp³-hybridized carbons (Fsp3) is 0.412. The lowest BCUT2D eigenvalue weighted by molar-refractivity contribution is 0.553. The van der Waals surface area contributed by atoms with Crippen LogP contribution in [0.3, 0.4) is 0 Å². The molecule has 0 aliphatic heterocycles. The van der Waals surface area contributed by atoms with Crippen LogP contribution in [0, 0.1) is 17.8 Å². The summed E-state index contributed by atoms with van der Waals surface area (Å²) in [6, 6.07) is 8.66. The number of hydrogen-bond acceptors (Lipinski definition) is 1. The zero-order chi connectivity index (χ0) is 13.7. The van der Waals surface area contributed by atoms with Crippen molar-refractivity contribution < 1.29 is 0 Å². The van der Waals surface area contributed by atoms with E-state index >= 15 is 0 Å². The van der Waals surface area contributed by atoms with Crippen molar-refractivity contribution in [3.63, 3.8) is 0 Å². The third kappa shape index (κ3) is 3.39. The average molecular weight is 254 g/mol. The predicted molar refractivity (Wildman–Crippen MR) is 81.9 cm³/mol. The van der Waals surface area contributed by atoms with Crippen LogP contribution in [0.1, 0.15) is 26.3 Å². The standard InChI is InChI=1S/C17H22N2/c1-4-5-10-19-11-9-15-7-6-8-16(17(15)19)13-18-12-14(2)3/h6-9,11,14,18H,10,12-13H2,1-3H3. The van der Waals surface area contributed by atoms with E-state index in [1.807, 2.05) is 6.92 Å². The maximum atomic E-state index is 3.52. The van der Waals surface area contributed by atoms with Gasteiger partial charge >= 0.3 is 0 Å². The monoisotopic (exact) mass is 254 g/mol. The van der Waals surface area contributed by atoms with E-state index in [1.54, 1.807) is 0 Å². The number of aromatic nitrogens is 1. The molecule has 1 heterocycles. The molecule has 1 aromatic heterocycles. The number of hydrogen-bond donors (Lipinski definition) is 1. The molecule has 100 valence electrons. The molecule has 0 saturated heterocycles. The van der Waals surface area contributed by atoms with Crippen LogP contribution >= 0.6 is 0 Å². The summed E-state index contributed by atoms with van der Waals surface area (Å²) < 4.78 is 2.23. The van der Waals surface area contributed by atoms with E-state index < -0.39 is 0 Å². The Labute approximate surface area is 115 Å². The van der Waals surface area contributed by atoms with Crippen molar-refractivity contribution in [2.24, 2.45) is 5.92 Å². The van der Waals surface area contributed by atoms with Gasteiger partial charge in [-0.2, -0.15) is 0 Å². The van der Waals surface area contributed by atoms with E-state index in [9.17, 15) is 0 Å². The Morgan fingerprint density at radius 3 is 2.84 bits per heavy atom. The molecule has 0 aliphatic rings. The van der Waals surface area contributed by atoms with Gasteiger partial charge in [0.2, 0.25) is 0 Å². The zero-order valence-corrected chi connectivity index (χ0v) is 12.0. The van der Waals surface area contributed by atoms with E-state index in [2.05, 4.69) is 66.0 Å². The van der Waals surface area contributed by atoms with Crippen LogP contribution < -0.4 is 5.32 Å². The molecule has 2 aromatic rings.